The lowest BCUT2D eigenvalue weighted by atomic mass is 10.0. The predicted octanol–water partition coefficient (Wildman–Crippen LogP) is 4.26. The fourth-order valence-electron chi connectivity index (χ4n) is 1.83. The van der Waals surface area contributed by atoms with Crippen molar-refractivity contribution in [2.24, 2.45) is 0 Å². The molecule has 0 saturated heterocycles. The number of benzene rings is 2. The van der Waals surface area contributed by atoms with Crippen molar-refractivity contribution in [1.29, 1.82) is 0 Å². The number of ether oxygens (including phenoxy) is 2. The monoisotopic (exact) mass is 297 g/mol. The second-order valence-corrected chi connectivity index (χ2v) is 4.68. The van der Waals surface area contributed by atoms with Gasteiger partial charge in [0.1, 0.15) is 16.5 Å². The van der Waals surface area contributed by atoms with Gasteiger partial charge in [-0.1, -0.05) is 29.3 Å². The number of halogens is 2. The standard InChI is InChI=1S/C14H13Cl2NO2/c1-18-12-6-4-9(14(19-2)13(12)16)8-3-5-10(15)11(17)7-8/h3-7H,17H2,1-2H3. The van der Waals surface area contributed by atoms with Crippen LogP contribution in [0.15, 0.2) is 30.3 Å². The first-order chi connectivity index (χ1) is 9.08. The summed E-state index contributed by atoms with van der Waals surface area (Å²) in [5, 5.41) is 0.943. The third-order valence-corrected chi connectivity index (χ3v) is 3.49. The van der Waals surface area contributed by atoms with Gasteiger partial charge in [-0.3, -0.25) is 0 Å². The van der Waals surface area contributed by atoms with E-state index in [1.165, 1.54) is 0 Å². The summed E-state index contributed by atoms with van der Waals surface area (Å²) in [6.45, 7) is 0. The van der Waals surface area contributed by atoms with E-state index in [0.717, 1.165) is 11.1 Å². The Morgan fingerprint density at radius 2 is 1.74 bits per heavy atom. The maximum atomic E-state index is 6.23. The Hall–Kier alpha value is -1.58. The Balaban J connectivity index is 2.61. The smallest absolute Gasteiger partial charge is 0.149 e. The highest BCUT2D eigenvalue weighted by atomic mass is 35.5. The van der Waals surface area contributed by atoms with E-state index < -0.39 is 0 Å². The zero-order valence-corrected chi connectivity index (χ0v) is 12.0. The van der Waals surface area contributed by atoms with Gasteiger partial charge in [-0.05, 0) is 29.8 Å². The van der Waals surface area contributed by atoms with Gasteiger partial charge in [0.05, 0.1) is 24.9 Å². The lowest BCUT2D eigenvalue weighted by Crippen LogP contribution is -1.94. The van der Waals surface area contributed by atoms with E-state index in [9.17, 15) is 0 Å². The van der Waals surface area contributed by atoms with E-state index in [0.29, 0.717) is 27.2 Å². The minimum Gasteiger partial charge on any atom is -0.495 e. The van der Waals surface area contributed by atoms with Crippen molar-refractivity contribution in [3.8, 4) is 22.6 Å². The average molecular weight is 298 g/mol. The summed E-state index contributed by atoms with van der Waals surface area (Å²) < 4.78 is 10.5. The molecule has 0 spiro atoms. The highest BCUT2D eigenvalue weighted by Gasteiger charge is 2.15. The number of hydrogen-bond donors (Lipinski definition) is 1. The van der Waals surface area contributed by atoms with E-state index in [4.69, 9.17) is 38.4 Å². The third-order valence-electron chi connectivity index (χ3n) is 2.79. The van der Waals surface area contributed by atoms with Gasteiger partial charge in [0.2, 0.25) is 0 Å². The largest absolute Gasteiger partial charge is 0.495 e. The second kappa shape index (κ2) is 5.59. The van der Waals surface area contributed by atoms with Gasteiger partial charge < -0.3 is 15.2 Å². The van der Waals surface area contributed by atoms with Crippen molar-refractivity contribution in [3.05, 3.63) is 40.4 Å². The van der Waals surface area contributed by atoms with Gasteiger partial charge >= 0.3 is 0 Å². The van der Waals surface area contributed by atoms with Crippen LogP contribution in [0.2, 0.25) is 10.0 Å². The summed E-state index contributed by atoms with van der Waals surface area (Å²) >= 11 is 12.1. The fourth-order valence-corrected chi connectivity index (χ4v) is 2.27. The summed E-state index contributed by atoms with van der Waals surface area (Å²) in [6.07, 6.45) is 0. The Bertz CT molecular complexity index is 615. The van der Waals surface area contributed by atoms with E-state index in [1.807, 2.05) is 12.1 Å². The van der Waals surface area contributed by atoms with Crippen LogP contribution in [-0.4, -0.2) is 14.2 Å². The topological polar surface area (TPSA) is 44.5 Å². The molecule has 0 aliphatic rings. The molecule has 0 unspecified atom stereocenters. The molecule has 3 nitrogen and oxygen atoms in total. The lowest BCUT2D eigenvalue weighted by molar-refractivity contribution is 0.396. The molecule has 0 fully saturated rings. The number of hydrogen-bond acceptors (Lipinski definition) is 3. The summed E-state index contributed by atoms with van der Waals surface area (Å²) in [6, 6.07) is 9.03. The summed E-state index contributed by atoms with van der Waals surface area (Å²) in [5.74, 6) is 1.10. The number of rotatable bonds is 3. The zero-order chi connectivity index (χ0) is 14.0. The number of nitrogen functional groups attached to an aromatic ring is 1. The maximum Gasteiger partial charge on any atom is 0.149 e. The first kappa shape index (κ1) is 13.8. The van der Waals surface area contributed by atoms with E-state index >= 15 is 0 Å². The van der Waals surface area contributed by atoms with Crippen molar-refractivity contribution in [2.45, 2.75) is 0 Å². The minimum absolute atomic E-state index is 0.427. The van der Waals surface area contributed by atoms with Crippen molar-refractivity contribution in [3.63, 3.8) is 0 Å². The summed E-state index contributed by atoms with van der Waals surface area (Å²) in [4.78, 5) is 0. The lowest BCUT2D eigenvalue weighted by Gasteiger charge is -2.13. The van der Waals surface area contributed by atoms with E-state index in [1.54, 1.807) is 32.4 Å². The molecule has 0 bridgehead atoms. The van der Waals surface area contributed by atoms with E-state index in [-0.39, 0.29) is 0 Å². The number of anilines is 1. The number of methoxy groups -OCH3 is 2. The van der Waals surface area contributed by atoms with Crippen LogP contribution in [0, 0.1) is 0 Å². The molecular weight excluding hydrogens is 285 g/mol. The van der Waals surface area contributed by atoms with Crippen LogP contribution in [0.5, 0.6) is 11.5 Å². The molecule has 0 heterocycles. The summed E-state index contributed by atoms with van der Waals surface area (Å²) in [5.41, 5.74) is 8.03. The molecule has 0 aliphatic carbocycles. The molecule has 0 atom stereocenters. The van der Waals surface area contributed by atoms with Crippen LogP contribution >= 0.6 is 23.2 Å². The van der Waals surface area contributed by atoms with Crippen LogP contribution in [0.1, 0.15) is 0 Å². The molecule has 2 rings (SSSR count). The summed E-state index contributed by atoms with van der Waals surface area (Å²) in [7, 11) is 3.12. The Labute approximate surface area is 121 Å². The van der Waals surface area contributed by atoms with Crippen LogP contribution < -0.4 is 15.2 Å². The first-order valence-corrected chi connectivity index (χ1v) is 6.30. The molecule has 0 radical (unpaired) electrons. The molecule has 0 amide bonds. The predicted molar refractivity (Wildman–Crippen MR) is 79.4 cm³/mol. The van der Waals surface area contributed by atoms with Gasteiger partial charge in [0, 0.05) is 5.56 Å². The molecular formula is C14H13Cl2NO2. The fraction of sp³-hybridized carbons (Fsp3) is 0.143. The molecule has 2 aromatic rings. The van der Waals surface area contributed by atoms with Crippen LogP contribution in [0.25, 0.3) is 11.1 Å². The number of nitrogens with two attached hydrogens (primary N) is 1. The van der Waals surface area contributed by atoms with E-state index in [2.05, 4.69) is 0 Å². The van der Waals surface area contributed by atoms with Crippen LogP contribution in [-0.2, 0) is 0 Å². The highest BCUT2D eigenvalue weighted by molar-refractivity contribution is 6.34. The molecule has 0 aliphatic heterocycles. The van der Waals surface area contributed by atoms with Gasteiger partial charge in [0.25, 0.3) is 0 Å². The average Bonchev–Trinajstić information content (AvgIpc) is 2.41. The first-order valence-electron chi connectivity index (χ1n) is 5.54. The SMILES string of the molecule is COc1ccc(-c2ccc(Cl)c(N)c2)c(OC)c1Cl. The molecule has 5 heteroatoms. The molecule has 0 aromatic heterocycles. The molecule has 19 heavy (non-hydrogen) atoms. The Morgan fingerprint density at radius 1 is 1.00 bits per heavy atom. The van der Waals surface area contributed by atoms with Gasteiger partial charge in [0.15, 0.2) is 0 Å². The normalized spacial score (nSPS) is 10.3. The molecule has 0 saturated carbocycles. The second-order valence-electron chi connectivity index (χ2n) is 3.90. The van der Waals surface area contributed by atoms with Crippen LogP contribution in [0.3, 0.4) is 0 Å². The quantitative estimate of drug-likeness (QED) is 0.861. The van der Waals surface area contributed by atoms with Gasteiger partial charge in [-0.25, -0.2) is 0 Å². The van der Waals surface area contributed by atoms with Crippen molar-refractivity contribution in [1.82, 2.24) is 0 Å². The van der Waals surface area contributed by atoms with Crippen molar-refractivity contribution >= 4 is 28.9 Å². The molecule has 2 aromatic carbocycles. The van der Waals surface area contributed by atoms with Crippen molar-refractivity contribution < 1.29 is 9.47 Å². The Kier molecular flexibility index (Phi) is 4.08. The molecule has 2 N–H and O–H groups in total. The third kappa shape index (κ3) is 2.57. The zero-order valence-electron chi connectivity index (χ0n) is 10.5. The van der Waals surface area contributed by atoms with Gasteiger partial charge in [-0.2, -0.15) is 0 Å². The van der Waals surface area contributed by atoms with Crippen LogP contribution in [0.4, 0.5) is 5.69 Å². The molecule has 100 valence electrons. The highest BCUT2D eigenvalue weighted by Crippen LogP contribution is 2.42. The minimum atomic E-state index is 0.427. The maximum absolute atomic E-state index is 6.23. The van der Waals surface area contributed by atoms with Crippen molar-refractivity contribution in [2.75, 3.05) is 20.0 Å². The van der Waals surface area contributed by atoms with Gasteiger partial charge in [-0.15, -0.1) is 0 Å². The Morgan fingerprint density at radius 3 is 2.32 bits per heavy atom.